The molecule has 1 saturated carbocycles. The Bertz CT molecular complexity index is 450. The van der Waals surface area contributed by atoms with E-state index in [1.165, 1.54) is 0 Å². The molecule has 110 valence electrons. The summed E-state index contributed by atoms with van der Waals surface area (Å²) in [4.78, 5) is 11.9. The second-order valence-corrected chi connectivity index (χ2v) is 5.11. The van der Waals surface area contributed by atoms with Crippen LogP contribution in [-0.4, -0.2) is 37.3 Å². The van der Waals surface area contributed by atoms with Gasteiger partial charge in [0.15, 0.2) is 0 Å². The number of carbonyl (C=O) groups is 1. The van der Waals surface area contributed by atoms with Gasteiger partial charge in [0, 0.05) is 12.6 Å². The van der Waals surface area contributed by atoms with Gasteiger partial charge in [0.2, 0.25) is 5.91 Å². The summed E-state index contributed by atoms with van der Waals surface area (Å²) in [5, 5.41) is 15.3. The lowest BCUT2D eigenvalue weighted by atomic mass is 10.1. The van der Waals surface area contributed by atoms with Crippen LogP contribution in [0.15, 0.2) is 24.3 Å². The number of para-hydroxylation sites is 2. The van der Waals surface area contributed by atoms with Gasteiger partial charge in [0.05, 0.1) is 19.3 Å². The van der Waals surface area contributed by atoms with Crippen LogP contribution in [0.1, 0.15) is 19.3 Å². The van der Waals surface area contributed by atoms with Crippen molar-refractivity contribution in [3.05, 3.63) is 24.3 Å². The molecule has 0 heterocycles. The molecular formula is C15H22N2O3. The minimum atomic E-state index is -0.0990. The highest BCUT2D eigenvalue weighted by molar-refractivity contribution is 5.93. The highest BCUT2D eigenvalue weighted by Crippen LogP contribution is 2.25. The fraction of sp³-hybridized carbons (Fsp3) is 0.533. The van der Waals surface area contributed by atoms with Crippen molar-refractivity contribution in [3.63, 3.8) is 0 Å². The molecule has 2 atom stereocenters. The number of rotatable bonds is 6. The average molecular weight is 278 g/mol. The Morgan fingerprint density at radius 3 is 2.95 bits per heavy atom. The van der Waals surface area contributed by atoms with Crippen molar-refractivity contribution in [1.82, 2.24) is 5.32 Å². The van der Waals surface area contributed by atoms with Crippen LogP contribution in [0.2, 0.25) is 0 Å². The molecule has 20 heavy (non-hydrogen) atoms. The largest absolute Gasteiger partial charge is 0.495 e. The zero-order chi connectivity index (χ0) is 14.4. The molecule has 0 spiro atoms. The predicted molar refractivity (Wildman–Crippen MR) is 77.8 cm³/mol. The van der Waals surface area contributed by atoms with E-state index < -0.39 is 0 Å². The number of nitrogens with one attached hydrogen (secondary N) is 2. The van der Waals surface area contributed by atoms with E-state index in [0.29, 0.717) is 11.4 Å². The quantitative estimate of drug-likeness (QED) is 0.735. The highest BCUT2D eigenvalue weighted by atomic mass is 16.5. The molecule has 1 aromatic carbocycles. The van der Waals surface area contributed by atoms with Crippen LogP contribution in [-0.2, 0) is 4.79 Å². The molecular weight excluding hydrogens is 256 g/mol. The fourth-order valence-electron chi connectivity index (χ4n) is 2.69. The van der Waals surface area contributed by atoms with Crippen LogP contribution in [0.3, 0.4) is 0 Å². The molecule has 1 aliphatic rings. The van der Waals surface area contributed by atoms with Gasteiger partial charge >= 0.3 is 0 Å². The molecule has 2 unspecified atom stereocenters. The molecule has 0 aliphatic heterocycles. The van der Waals surface area contributed by atoms with Gasteiger partial charge in [-0.3, -0.25) is 4.79 Å². The van der Waals surface area contributed by atoms with E-state index in [4.69, 9.17) is 4.74 Å². The SMILES string of the molecule is COc1ccccc1NC(=O)CNC1CCCC1CO. The van der Waals surface area contributed by atoms with Gasteiger partial charge < -0.3 is 20.5 Å². The number of hydrogen-bond donors (Lipinski definition) is 3. The average Bonchev–Trinajstić information content (AvgIpc) is 2.93. The summed E-state index contributed by atoms with van der Waals surface area (Å²) >= 11 is 0. The second kappa shape index (κ2) is 7.26. The lowest BCUT2D eigenvalue weighted by molar-refractivity contribution is -0.115. The second-order valence-electron chi connectivity index (χ2n) is 5.11. The van der Waals surface area contributed by atoms with E-state index in [0.717, 1.165) is 19.3 Å². The van der Waals surface area contributed by atoms with E-state index >= 15 is 0 Å². The van der Waals surface area contributed by atoms with Crippen molar-refractivity contribution in [3.8, 4) is 5.75 Å². The first kappa shape index (κ1) is 14.8. The molecule has 1 aliphatic carbocycles. The Kier molecular flexibility index (Phi) is 5.38. The Morgan fingerprint density at radius 1 is 1.40 bits per heavy atom. The lowest BCUT2D eigenvalue weighted by Crippen LogP contribution is -2.39. The van der Waals surface area contributed by atoms with Gasteiger partial charge in [-0.25, -0.2) is 0 Å². The number of hydrogen-bond acceptors (Lipinski definition) is 4. The zero-order valence-corrected chi connectivity index (χ0v) is 11.8. The molecule has 0 aromatic heterocycles. The third-order valence-corrected chi connectivity index (χ3v) is 3.80. The monoisotopic (exact) mass is 278 g/mol. The minimum Gasteiger partial charge on any atom is -0.495 e. The summed E-state index contributed by atoms with van der Waals surface area (Å²) in [5.74, 6) is 0.821. The van der Waals surface area contributed by atoms with Crippen LogP contribution in [0, 0.1) is 5.92 Å². The Labute approximate surface area is 119 Å². The standard InChI is InChI=1S/C15H22N2O3/c1-20-14-8-3-2-6-13(14)17-15(19)9-16-12-7-4-5-11(12)10-18/h2-3,6,8,11-12,16,18H,4-5,7,9-10H2,1H3,(H,17,19). The predicted octanol–water partition coefficient (Wildman–Crippen LogP) is 1.38. The van der Waals surface area contributed by atoms with Crippen molar-refractivity contribution in [2.24, 2.45) is 5.92 Å². The van der Waals surface area contributed by atoms with E-state index in [9.17, 15) is 9.90 Å². The Balaban J connectivity index is 1.83. The van der Waals surface area contributed by atoms with Crippen molar-refractivity contribution in [2.45, 2.75) is 25.3 Å². The summed E-state index contributed by atoms with van der Waals surface area (Å²) in [7, 11) is 1.58. The Morgan fingerprint density at radius 2 is 2.20 bits per heavy atom. The number of amides is 1. The molecule has 3 N–H and O–H groups in total. The number of carbonyl (C=O) groups excluding carboxylic acids is 1. The zero-order valence-electron chi connectivity index (χ0n) is 11.8. The van der Waals surface area contributed by atoms with Gasteiger partial charge in [-0.05, 0) is 30.9 Å². The normalized spacial score (nSPS) is 21.7. The van der Waals surface area contributed by atoms with E-state index in [-0.39, 0.29) is 31.0 Å². The number of ether oxygens (including phenoxy) is 1. The number of methoxy groups -OCH3 is 1. The maximum Gasteiger partial charge on any atom is 0.238 e. The number of aliphatic hydroxyl groups is 1. The third-order valence-electron chi connectivity index (χ3n) is 3.80. The van der Waals surface area contributed by atoms with Crippen LogP contribution in [0.4, 0.5) is 5.69 Å². The van der Waals surface area contributed by atoms with Crippen molar-refractivity contribution >= 4 is 11.6 Å². The number of benzene rings is 1. The van der Waals surface area contributed by atoms with E-state index in [1.54, 1.807) is 7.11 Å². The third kappa shape index (κ3) is 3.71. The summed E-state index contributed by atoms with van der Waals surface area (Å²) < 4.78 is 5.19. The lowest BCUT2D eigenvalue weighted by Gasteiger charge is -2.19. The van der Waals surface area contributed by atoms with E-state index in [1.807, 2.05) is 24.3 Å². The molecule has 5 heteroatoms. The summed E-state index contributed by atoms with van der Waals surface area (Å²) in [6.07, 6.45) is 3.16. The van der Waals surface area contributed by atoms with Crippen LogP contribution < -0.4 is 15.4 Å². The van der Waals surface area contributed by atoms with Crippen molar-refractivity contribution < 1.29 is 14.6 Å². The van der Waals surface area contributed by atoms with Gasteiger partial charge in [0.1, 0.15) is 5.75 Å². The van der Waals surface area contributed by atoms with E-state index in [2.05, 4.69) is 10.6 Å². The summed E-state index contributed by atoms with van der Waals surface area (Å²) in [6, 6.07) is 7.56. The minimum absolute atomic E-state index is 0.0990. The Hall–Kier alpha value is -1.59. The molecule has 2 rings (SSSR count). The molecule has 1 fully saturated rings. The summed E-state index contributed by atoms with van der Waals surface area (Å²) in [6.45, 7) is 0.436. The van der Waals surface area contributed by atoms with Crippen LogP contribution in [0.25, 0.3) is 0 Å². The molecule has 1 amide bonds. The molecule has 0 radical (unpaired) electrons. The molecule has 0 bridgehead atoms. The highest BCUT2D eigenvalue weighted by Gasteiger charge is 2.26. The number of aliphatic hydroxyl groups excluding tert-OH is 1. The smallest absolute Gasteiger partial charge is 0.238 e. The van der Waals surface area contributed by atoms with Crippen molar-refractivity contribution in [2.75, 3.05) is 25.6 Å². The fourth-order valence-corrected chi connectivity index (χ4v) is 2.69. The van der Waals surface area contributed by atoms with Crippen LogP contribution in [0.5, 0.6) is 5.75 Å². The van der Waals surface area contributed by atoms with Gasteiger partial charge in [0.25, 0.3) is 0 Å². The van der Waals surface area contributed by atoms with Crippen molar-refractivity contribution in [1.29, 1.82) is 0 Å². The van der Waals surface area contributed by atoms with Crippen LogP contribution >= 0.6 is 0 Å². The number of anilines is 1. The first-order valence-corrected chi connectivity index (χ1v) is 7.01. The molecule has 0 saturated heterocycles. The van der Waals surface area contributed by atoms with Gasteiger partial charge in [-0.1, -0.05) is 18.6 Å². The van der Waals surface area contributed by atoms with Gasteiger partial charge in [-0.2, -0.15) is 0 Å². The first-order chi connectivity index (χ1) is 9.74. The molecule has 1 aromatic rings. The maximum atomic E-state index is 11.9. The first-order valence-electron chi connectivity index (χ1n) is 7.01. The topological polar surface area (TPSA) is 70.6 Å². The maximum absolute atomic E-state index is 11.9. The summed E-state index contributed by atoms with van der Waals surface area (Å²) in [5.41, 5.74) is 0.673. The molecule has 5 nitrogen and oxygen atoms in total. The van der Waals surface area contributed by atoms with Gasteiger partial charge in [-0.15, -0.1) is 0 Å².